The molecule has 0 aliphatic carbocycles. The van der Waals surface area contributed by atoms with Gasteiger partial charge >= 0.3 is 0 Å². The van der Waals surface area contributed by atoms with Gasteiger partial charge in [-0.05, 0) is 44.9 Å². The Hall–Kier alpha value is -1.99. The molecule has 0 aromatic carbocycles. The molecule has 95 heavy (non-hydrogen) atoms. The Balaban J connectivity index is 1.39. The largest absolute Gasteiger partial charge is 0.394 e. The van der Waals surface area contributed by atoms with Crippen molar-refractivity contribution in [1.82, 2.24) is 5.32 Å². The average Bonchev–Trinajstić information content (AvgIpc) is 0.787. The zero-order valence-electron chi connectivity index (χ0n) is 59.4. The summed E-state index contributed by atoms with van der Waals surface area (Å²) in [5, 5.41) is 121. The highest BCUT2D eigenvalue weighted by molar-refractivity contribution is 5.76. The van der Waals surface area contributed by atoms with Gasteiger partial charge in [-0.15, -0.1) is 0 Å². The molecule has 3 aliphatic heterocycles. The molecule has 17 atom stereocenters. The number of hydrogen-bond acceptors (Lipinski definition) is 18. The summed E-state index contributed by atoms with van der Waals surface area (Å²) >= 11 is 0. The molecule has 3 fully saturated rings. The first-order chi connectivity index (χ1) is 46.3. The quantitative estimate of drug-likeness (QED) is 0.0199. The first kappa shape index (κ1) is 87.2. The van der Waals surface area contributed by atoms with Crippen LogP contribution in [0.3, 0.4) is 0 Å². The van der Waals surface area contributed by atoms with E-state index in [-0.39, 0.29) is 18.9 Å². The predicted octanol–water partition coefficient (Wildman–Crippen LogP) is 11.9. The van der Waals surface area contributed by atoms with Crippen molar-refractivity contribution in [3.63, 3.8) is 0 Å². The molecule has 19 heteroatoms. The molecule has 3 aliphatic rings. The Morgan fingerprint density at radius 2 is 0.674 bits per heavy atom. The van der Waals surface area contributed by atoms with Crippen molar-refractivity contribution in [2.24, 2.45) is 0 Å². The maximum absolute atomic E-state index is 13.4. The normalized spacial score (nSPS) is 27.4. The Bertz CT molecular complexity index is 1860. The van der Waals surface area contributed by atoms with Crippen LogP contribution >= 0.6 is 0 Å². The fraction of sp³-hybridized carbons (Fsp3) is 0.908. The van der Waals surface area contributed by atoms with Crippen molar-refractivity contribution in [1.29, 1.82) is 0 Å². The minimum Gasteiger partial charge on any atom is -0.394 e. The highest BCUT2D eigenvalue weighted by atomic mass is 16.8. The van der Waals surface area contributed by atoms with E-state index in [1.54, 1.807) is 6.08 Å². The molecular weight excluding hydrogens is 1210 g/mol. The molecule has 0 radical (unpaired) electrons. The van der Waals surface area contributed by atoms with E-state index in [9.17, 15) is 61.0 Å². The van der Waals surface area contributed by atoms with Crippen molar-refractivity contribution in [2.45, 2.75) is 413 Å². The Labute approximate surface area is 574 Å². The number of amides is 1. The van der Waals surface area contributed by atoms with Crippen LogP contribution in [0.4, 0.5) is 0 Å². The Morgan fingerprint density at radius 1 is 0.368 bits per heavy atom. The third-order valence-corrected chi connectivity index (χ3v) is 19.4. The standard InChI is InChI=1S/C76H141NO18/c1-3-5-7-9-11-13-15-17-19-21-23-24-25-26-27-28-29-30-31-32-33-34-35-36-37-39-41-43-45-47-49-51-53-60(81)59(77-64(82)54-52-50-48-46-44-42-40-38-22-20-18-16-14-12-10-8-6-4-2)58-90-74-70(88)67(85)72(62(56-79)92-74)95-76-71(89)68(86)73(63(57-80)93-76)94-75-69(87)66(84)65(83)61(55-78)91-75/h36-37,43,45,51,53,59-63,65-76,78-81,83-89H,3-35,38-42,44,46-50,52,54-58H2,1-2H3,(H,77,82)/b37-36+,45-43+,53-51+. The monoisotopic (exact) mass is 1360 g/mol. The van der Waals surface area contributed by atoms with E-state index in [2.05, 4.69) is 43.5 Å². The van der Waals surface area contributed by atoms with Gasteiger partial charge in [0.15, 0.2) is 18.9 Å². The van der Waals surface area contributed by atoms with Crippen LogP contribution in [0.2, 0.25) is 0 Å². The third kappa shape index (κ3) is 38.6. The van der Waals surface area contributed by atoms with E-state index in [0.717, 1.165) is 44.9 Å². The number of nitrogens with one attached hydrogen (secondary N) is 1. The molecule has 0 bridgehead atoms. The van der Waals surface area contributed by atoms with Crippen molar-refractivity contribution >= 4 is 5.91 Å². The molecule has 3 saturated heterocycles. The fourth-order valence-corrected chi connectivity index (χ4v) is 13.2. The number of unbranched alkanes of at least 4 members (excludes halogenated alkanes) is 41. The zero-order chi connectivity index (χ0) is 68.9. The van der Waals surface area contributed by atoms with Gasteiger partial charge in [-0.25, -0.2) is 0 Å². The lowest BCUT2D eigenvalue weighted by atomic mass is 9.96. The van der Waals surface area contributed by atoms with Crippen LogP contribution in [0.5, 0.6) is 0 Å². The maximum atomic E-state index is 13.4. The van der Waals surface area contributed by atoms with Gasteiger partial charge in [0.05, 0.1) is 38.6 Å². The molecule has 3 rings (SSSR count). The second-order valence-corrected chi connectivity index (χ2v) is 27.8. The highest BCUT2D eigenvalue weighted by Gasteiger charge is 2.53. The van der Waals surface area contributed by atoms with E-state index in [4.69, 9.17) is 28.4 Å². The van der Waals surface area contributed by atoms with Crippen LogP contribution in [-0.2, 0) is 33.2 Å². The molecule has 0 saturated carbocycles. The summed E-state index contributed by atoms with van der Waals surface area (Å²) in [4.78, 5) is 13.4. The van der Waals surface area contributed by atoms with Crippen LogP contribution in [0, 0.1) is 0 Å². The summed E-state index contributed by atoms with van der Waals surface area (Å²) in [7, 11) is 0. The van der Waals surface area contributed by atoms with Crippen molar-refractivity contribution in [2.75, 3.05) is 26.4 Å². The second kappa shape index (κ2) is 57.6. The number of carbonyl (C=O) groups excluding carboxylic acids is 1. The van der Waals surface area contributed by atoms with Crippen LogP contribution in [0.1, 0.15) is 309 Å². The van der Waals surface area contributed by atoms with Gasteiger partial charge in [-0.1, -0.05) is 294 Å². The summed E-state index contributed by atoms with van der Waals surface area (Å²) in [5.74, 6) is -0.285. The molecule has 0 aromatic heterocycles. The number of hydrogen-bond donors (Lipinski definition) is 12. The number of ether oxygens (including phenoxy) is 6. The minimum atomic E-state index is -1.98. The summed E-state index contributed by atoms with van der Waals surface area (Å²) in [6.45, 7) is 1.75. The third-order valence-electron chi connectivity index (χ3n) is 19.4. The lowest BCUT2D eigenvalue weighted by Gasteiger charge is -2.48. The molecular formula is C76H141NO18. The van der Waals surface area contributed by atoms with Crippen molar-refractivity contribution in [3.8, 4) is 0 Å². The van der Waals surface area contributed by atoms with Gasteiger partial charge in [0, 0.05) is 6.42 Å². The van der Waals surface area contributed by atoms with E-state index in [0.29, 0.717) is 12.8 Å². The van der Waals surface area contributed by atoms with Crippen LogP contribution < -0.4 is 5.32 Å². The van der Waals surface area contributed by atoms with Crippen LogP contribution in [-0.4, -0.2) is 193 Å². The molecule has 17 unspecified atom stereocenters. The van der Waals surface area contributed by atoms with Crippen LogP contribution in [0.15, 0.2) is 36.5 Å². The predicted molar refractivity (Wildman–Crippen MR) is 374 cm³/mol. The summed E-state index contributed by atoms with van der Waals surface area (Å²) in [6.07, 6.45) is 42.9. The molecule has 558 valence electrons. The average molecular weight is 1360 g/mol. The van der Waals surface area contributed by atoms with E-state index in [1.165, 1.54) is 231 Å². The topological polar surface area (TPSA) is 307 Å². The van der Waals surface area contributed by atoms with E-state index < -0.39 is 124 Å². The number of aliphatic hydroxyl groups excluding tert-OH is 11. The molecule has 0 aromatic rings. The van der Waals surface area contributed by atoms with Crippen LogP contribution in [0.25, 0.3) is 0 Å². The minimum absolute atomic E-state index is 0.236. The summed E-state index contributed by atoms with van der Waals surface area (Å²) in [5.41, 5.74) is 0. The first-order valence-corrected chi connectivity index (χ1v) is 38.7. The van der Waals surface area contributed by atoms with Gasteiger partial charge in [-0.3, -0.25) is 4.79 Å². The molecule has 0 spiro atoms. The smallest absolute Gasteiger partial charge is 0.220 e. The molecule has 12 N–H and O–H groups in total. The molecule has 1 amide bonds. The lowest BCUT2D eigenvalue weighted by molar-refractivity contribution is -0.379. The lowest BCUT2D eigenvalue weighted by Crippen LogP contribution is -2.66. The van der Waals surface area contributed by atoms with E-state index in [1.807, 2.05) is 6.08 Å². The van der Waals surface area contributed by atoms with E-state index >= 15 is 0 Å². The summed E-state index contributed by atoms with van der Waals surface area (Å²) in [6, 6.07) is -0.995. The van der Waals surface area contributed by atoms with Gasteiger partial charge in [-0.2, -0.15) is 0 Å². The van der Waals surface area contributed by atoms with Gasteiger partial charge in [0.1, 0.15) is 73.2 Å². The van der Waals surface area contributed by atoms with Gasteiger partial charge in [0.25, 0.3) is 0 Å². The highest BCUT2D eigenvalue weighted by Crippen LogP contribution is 2.33. The van der Waals surface area contributed by atoms with Gasteiger partial charge in [0.2, 0.25) is 5.91 Å². The molecule has 19 nitrogen and oxygen atoms in total. The second-order valence-electron chi connectivity index (χ2n) is 27.8. The van der Waals surface area contributed by atoms with Crippen molar-refractivity contribution in [3.05, 3.63) is 36.5 Å². The number of aliphatic hydroxyl groups is 11. The summed E-state index contributed by atoms with van der Waals surface area (Å²) < 4.78 is 34.4. The maximum Gasteiger partial charge on any atom is 0.220 e. The molecule has 3 heterocycles. The SMILES string of the molecule is CCCCCCCCCCCCCCCCCCCCCCCC/C=C/CC/C=C/CC/C=C/C(O)C(COC1OC(CO)C(OC2OC(CO)C(OC3OC(CO)C(O)C(O)C3O)C(O)C2O)C(O)C1O)NC(=O)CCCCCCCCCCCCCCCCCCCC. The van der Waals surface area contributed by atoms with Gasteiger partial charge < -0.3 is 89.9 Å². The Morgan fingerprint density at radius 3 is 1.05 bits per heavy atom. The number of rotatable bonds is 61. The zero-order valence-corrected chi connectivity index (χ0v) is 59.4. The number of carbonyl (C=O) groups is 1. The van der Waals surface area contributed by atoms with Crippen molar-refractivity contribution < 1.29 is 89.4 Å². The first-order valence-electron chi connectivity index (χ1n) is 38.7. The fourth-order valence-electron chi connectivity index (χ4n) is 13.2. The number of allylic oxidation sites excluding steroid dienone is 5. The Kier molecular flexibility index (Phi) is 52.9.